The van der Waals surface area contributed by atoms with Gasteiger partial charge in [-0.05, 0) is 62.1 Å². The lowest BCUT2D eigenvalue weighted by Crippen LogP contribution is -2.18. The number of likely N-dealkylation sites (N-methyl/N-ethyl adjacent to an activating group) is 1. The van der Waals surface area contributed by atoms with Crippen LogP contribution in [0.15, 0.2) is 79.0 Å². The van der Waals surface area contributed by atoms with Gasteiger partial charge in [-0.2, -0.15) is 5.10 Å². The van der Waals surface area contributed by atoms with Crippen LogP contribution < -0.4 is 10.1 Å². The molecule has 0 spiro atoms. The third-order valence-electron chi connectivity index (χ3n) is 4.86. The van der Waals surface area contributed by atoms with Crippen molar-refractivity contribution in [2.75, 3.05) is 26.0 Å². The molecule has 1 aromatic heterocycles. The summed E-state index contributed by atoms with van der Waals surface area (Å²) in [5, 5.41) is 8.64. The van der Waals surface area contributed by atoms with Gasteiger partial charge in [-0.25, -0.2) is 0 Å². The fourth-order valence-corrected chi connectivity index (χ4v) is 3.30. The van der Waals surface area contributed by atoms with E-state index in [4.69, 9.17) is 4.74 Å². The molecule has 158 valence electrons. The van der Waals surface area contributed by atoms with Crippen LogP contribution >= 0.6 is 0 Å². The minimum atomic E-state index is -0.0803. The summed E-state index contributed by atoms with van der Waals surface area (Å²) < 4.78 is 7.80. The number of anilines is 1. The van der Waals surface area contributed by atoms with Crippen molar-refractivity contribution in [3.05, 3.63) is 84.6 Å². The van der Waals surface area contributed by atoms with Gasteiger partial charge >= 0.3 is 0 Å². The monoisotopic (exact) mass is 414 g/mol. The molecule has 1 amide bonds. The van der Waals surface area contributed by atoms with Crippen LogP contribution in [0.25, 0.3) is 10.9 Å². The Hall–Kier alpha value is -3.64. The van der Waals surface area contributed by atoms with Gasteiger partial charge in [-0.15, -0.1) is 0 Å². The topological polar surface area (TPSA) is 59.4 Å². The molecule has 0 saturated carbocycles. The van der Waals surface area contributed by atoms with Gasteiger partial charge in [0.05, 0.1) is 18.5 Å². The lowest BCUT2D eigenvalue weighted by Gasteiger charge is -2.08. The van der Waals surface area contributed by atoms with Crippen molar-refractivity contribution >= 4 is 22.5 Å². The Morgan fingerprint density at radius 2 is 1.81 bits per heavy atom. The van der Waals surface area contributed by atoms with Gasteiger partial charge in [-0.3, -0.25) is 9.48 Å². The van der Waals surface area contributed by atoms with Gasteiger partial charge in [0.15, 0.2) is 0 Å². The molecule has 6 nitrogen and oxygen atoms in total. The molecule has 0 unspecified atom stereocenters. The number of aromatic nitrogens is 2. The zero-order valence-corrected chi connectivity index (χ0v) is 17.8. The zero-order chi connectivity index (χ0) is 21.6. The second-order valence-corrected chi connectivity index (χ2v) is 7.76. The Balaban J connectivity index is 1.39. The number of amides is 1. The molecule has 31 heavy (non-hydrogen) atoms. The van der Waals surface area contributed by atoms with Crippen LogP contribution in [0.3, 0.4) is 0 Å². The molecule has 0 aliphatic heterocycles. The van der Waals surface area contributed by atoms with Gasteiger partial charge in [0.2, 0.25) is 5.91 Å². The zero-order valence-electron chi connectivity index (χ0n) is 17.8. The van der Waals surface area contributed by atoms with Crippen LogP contribution in [0.5, 0.6) is 11.5 Å². The number of rotatable bonds is 8. The van der Waals surface area contributed by atoms with E-state index in [2.05, 4.69) is 15.3 Å². The number of para-hydroxylation sites is 1. The van der Waals surface area contributed by atoms with Gasteiger partial charge < -0.3 is 15.0 Å². The standard InChI is InChI=1S/C25H26N4O2/c1-28(2)13-14-29-18-20-11-12-21(17-24(20)27-29)26-25(30)16-19-7-6-10-23(15-19)31-22-8-4-3-5-9-22/h3-12,15,17-18H,13-14,16H2,1-2H3,(H,26,30). The molecule has 0 bridgehead atoms. The van der Waals surface area contributed by atoms with Crippen molar-refractivity contribution in [1.29, 1.82) is 0 Å². The maximum absolute atomic E-state index is 12.6. The average molecular weight is 415 g/mol. The summed E-state index contributed by atoms with van der Waals surface area (Å²) >= 11 is 0. The average Bonchev–Trinajstić information content (AvgIpc) is 3.15. The van der Waals surface area contributed by atoms with Crippen molar-refractivity contribution < 1.29 is 9.53 Å². The van der Waals surface area contributed by atoms with E-state index in [9.17, 15) is 4.79 Å². The molecule has 0 radical (unpaired) electrons. The number of hydrogen-bond acceptors (Lipinski definition) is 4. The molecule has 4 aromatic rings. The molecule has 1 heterocycles. The molecule has 0 atom stereocenters. The van der Waals surface area contributed by atoms with Crippen LogP contribution in [0.4, 0.5) is 5.69 Å². The van der Waals surface area contributed by atoms with Crippen LogP contribution in [0, 0.1) is 0 Å². The van der Waals surface area contributed by atoms with Gasteiger partial charge in [-0.1, -0.05) is 30.3 Å². The van der Waals surface area contributed by atoms with E-state index in [1.807, 2.05) is 97.8 Å². The number of nitrogens with zero attached hydrogens (tertiary/aromatic N) is 3. The van der Waals surface area contributed by atoms with E-state index in [1.165, 1.54) is 0 Å². The number of carbonyl (C=O) groups excluding carboxylic acids is 1. The first kappa shape index (κ1) is 20.6. The van der Waals surface area contributed by atoms with E-state index in [-0.39, 0.29) is 12.3 Å². The summed E-state index contributed by atoms with van der Waals surface area (Å²) in [5.41, 5.74) is 2.50. The van der Waals surface area contributed by atoms with Gasteiger partial charge in [0.25, 0.3) is 0 Å². The summed E-state index contributed by atoms with van der Waals surface area (Å²) in [7, 11) is 4.08. The number of hydrogen-bond donors (Lipinski definition) is 1. The van der Waals surface area contributed by atoms with Crippen molar-refractivity contribution in [3.63, 3.8) is 0 Å². The number of benzene rings is 3. The second kappa shape index (κ2) is 9.45. The lowest BCUT2D eigenvalue weighted by molar-refractivity contribution is -0.115. The first-order chi connectivity index (χ1) is 15.0. The summed E-state index contributed by atoms with van der Waals surface area (Å²) in [6, 6.07) is 23.0. The fourth-order valence-electron chi connectivity index (χ4n) is 3.30. The summed E-state index contributed by atoms with van der Waals surface area (Å²) in [6.07, 6.45) is 2.30. The van der Waals surface area contributed by atoms with Gasteiger partial charge in [0, 0.05) is 23.8 Å². The fraction of sp³-hybridized carbons (Fsp3) is 0.200. The van der Waals surface area contributed by atoms with Crippen LogP contribution in [0.2, 0.25) is 0 Å². The van der Waals surface area contributed by atoms with Crippen molar-refractivity contribution in [2.24, 2.45) is 0 Å². The molecule has 0 aliphatic rings. The quantitative estimate of drug-likeness (QED) is 0.459. The number of fused-ring (bicyclic) bond motifs is 1. The molecular weight excluding hydrogens is 388 g/mol. The van der Waals surface area contributed by atoms with E-state index in [1.54, 1.807) is 0 Å². The van der Waals surface area contributed by atoms with Crippen LogP contribution in [-0.2, 0) is 17.8 Å². The van der Waals surface area contributed by atoms with Crippen molar-refractivity contribution in [2.45, 2.75) is 13.0 Å². The molecule has 0 aliphatic carbocycles. The van der Waals surface area contributed by atoms with Gasteiger partial charge in [0.1, 0.15) is 11.5 Å². The minimum Gasteiger partial charge on any atom is -0.457 e. The summed E-state index contributed by atoms with van der Waals surface area (Å²) in [6.45, 7) is 1.75. The highest BCUT2D eigenvalue weighted by atomic mass is 16.5. The smallest absolute Gasteiger partial charge is 0.228 e. The Bertz CT molecular complexity index is 1170. The maximum Gasteiger partial charge on any atom is 0.228 e. The summed E-state index contributed by atoms with van der Waals surface area (Å²) in [4.78, 5) is 14.7. The molecule has 4 rings (SSSR count). The Kier molecular flexibility index (Phi) is 6.29. The van der Waals surface area contributed by atoms with Crippen molar-refractivity contribution in [3.8, 4) is 11.5 Å². The number of nitrogens with one attached hydrogen (secondary N) is 1. The van der Waals surface area contributed by atoms with E-state index >= 15 is 0 Å². The minimum absolute atomic E-state index is 0.0803. The SMILES string of the molecule is CN(C)CCn1cc2ccc(NC(=O)Cc3cccc(Oc4ccccc4)c3)cc2n1. The number of carbonyl (C=O) groups is 1. The first-order valence-corrected chi connectivity index (χ1v) is 10.3. The molecule has 0 saturated heterocycles. The third kappa shape index (κ3) is 5.71. The highest BCUT2D eigenvalue weighted by Gasteiger charge is 2.08. The molecule has 6 heteroatoms. The predicted molar refractivity (Wildman–Crippen MR) is 124 cm³/mol. The lowest BCUT2D eigenvalue weighted by atomic mass is 10.1. The van der Waals surface area contributed by atoms with Crippen LogP contribution in [0.1, 0.15) is 5.56 Å². The largest absolute Gasteiger partial charge is 0.457 e. The maximum atomic E-state index is 12.6. The Morgan fingerprint density at radius 1 is 1.00 bits per heavy atom. The van der Waals surface area contributed by atoms with Crippen LogP contribution in [-0.4, -0.2) is 41.2 Å². The van der Waals surface area contributed by atoms with Crippen molar-refractivity contribution in [1.82, 2.24) is 14.7 Å². The normalized spacial score (nSPS) is 11.1. The molecule has 3 aromatic carbocycles. The Labute approximate surface area is 182 Å². The molecule has 1 N–H and O–H groups in total. The van der Waals surface area contributed by atoms with E-state index in [0.717, 1.165) is 41.0 Å². The molecule has 0 fully saturated rings. The summed E-state index contributed by atoms with van der Waals surface area (Å²) in [5.74, 6) is 1.40. The third-order valence-corrected chi connectivity index (χ3v) is 4.86. The predicted octanol–water partition coefficient (Wildman–Crippen LogP) is 4.57. The van der Waals surface area contributed by atoms with E-state index in [0.29, 0.717) is 5.75 Å². The first-order valence-electron chi connectivity index (χ1n) is 10.3. The Morgan fingerprint density at radius 3 is 2.61 bits per heavy atom. The van der Waals surface area contributed by atoms with E-state index < -0.39 is 0 Å². The highest BCUT2D eigenvalue weighted by molar-refractivity contribution is 5.94. The highest BCUT2D eigenvalue weighted by Crippen LogP contribution is 2.22. The second-order valence-electron chi connectivity index (χ2n) is 7.76. The number of ether oxygens (including phenoxy) is 1. The molecular formula is C25H26N4O2.